The zero-order valence-corrected chi connectivity index (χ0v) is 17.5. The minimum absolute atomic E-state index is 0.0117. The minimum atomic E-state index is -0.331. The van der Waals surface area contributed by atoms with Crippen LogP contribution in [0, 0.1) is 19.8 Å². The van der Waals surface area contributed by atoms with Crippen LogP contribution < -0.4 is 0 Å². The normalized spacial score (nSPS) is 16.3. The third-order valence-corrected chi connectivity index (χ3v) is 5.70. The second kappa shape index (κ2) is 8.18. The summed E-state index contributed by atoms with van der Waals surface area (Å²) >= 11 is 0. The van der Waals surface area contributed by atoms with Crippen molar-refractivity contribution >= 4 is 11.8 Å². The molecule has 1 aliphatic rings. The number of aryl methyl sites for hydroxylation is 1. The van der Waals surface area contributed by atoms with E-state index in [2.05, 4.69) is 5.10 Å². The van der Waals surface area contributed by atoms with Gasteiger partial charge in [-0.25, -0.2) is 4.68 Å². The lowest BCUT2D eigenvalue weighted by Gasteiger charge is -2.21. The van der Waals surface area contributed by atoms with Gasteiger partial charge in [0.25, 0.3) is 0 Å². The molecule has 1 atom stereocenters. The highest BCUT2D eigenvalue weighted by Gasteiger charge is 2.36. The van der Waals surface area contributed by atoms with Gasteiger partial charge in [0, 0.05) is 37.8 Å². The average Bonchev–Trinajstić information content (AvgIpc) is 3.45. The van der Waals surface area contributed by atoms with Gasteiger partial charge in [0.2, 0.25) is 11.8 Å². The summed E-state index contributed by atoms with van der Waals surface area (Å²) in [6.07, 6.45) is 1.83. The van der Waals surface area contributed by atoms with Crippen LogP contribution in [0.1, 0.15) is 29.1 Å². The molecular weight excluding hydrogens is 380 g/mol. The van der Waals surface area contributed by atoms with Crippen LogP contribution in [0.15, 0.2) is 53.1 Å². The van der Waals surface area contributed by atoms with Crippen LogP contribution in [-0.2, 0) is 22.7 Å². The molecule has 3 heterocycles. The molecule has 1 aliphatic heterocycles. The Morgan fingerprint density at radius 3 is 2.67 bits per heavy atom. The maximum Gasteiger partial charge on any atom is 0.228 e. The maximum atomic E-state index is 13.0. The second-order valence-electron chi connectivity index (χ2n) is 7.85. The standard InChI is InChI=1S/C23H26N4O3/c1-16-21(17(2)27(24-16)19-8-5-4-6-9-19)15-25(3)23(29)18-12-22(28)26(13-18)14-20-10-7-11-30-20/h4-11,18H,12-15H2,1-3H3. The summed E-state index contributed by atoms with van der Waals surface area (Å²) in [6, 6.07) is 13.6. The van der Waals surface area contributed by atoms with Gasteiger partial charge in [0.05, 0.1) is 30.1 Å². The Labute approximate surface area is 175 Å². The molecule has 0 bridgehead atoms. The first-order valence-electron chi connectivity index (χ1n) is 10.1. The smallest absolute Gasteiger partial charge is 0.228 e. The third kappa shape index (κ3) is 3.87. The number of para-hydroxylation sites is 1. The molecule has 3 aromatic rings. The average molecular weight is 406 g/mol. The Morgan fingerprint density at radius 1 is 1.20 bits per heavy atom. The monoisotopic (exact) mass is 406 g/mol. The van der Waals surface area contributed by atoms with E-state index in [9.17, 15) is 9.59 Å². The van der Waals surface area contributed by atoms with Crippen LogP contribution in [0.5, 0.6) is 0 Å². The Balaban J connectivity index is 1.44. The van der Waals surface area contributed by atoms with Crippen LogP contribution in [-0.4, -0.2) is 45.0 Å². The number of nitrogens with zero attached hydrogens (tertiary/aromatic N) is 4. The molecule has 1 aromatic carbocycles. The zero-order valence-electron chi connectivity index (χ0n) is 17.5. The van der Waals surface area contributed by atoms with Gasteiger partial charge >= 0.3 is 0 Å². The number of carbonyl (C=O) groups is 2. The Hall–Kier alpha value is -3.35. The number of hydrogen-bond acceptors (Lipinski definition) is 4. The highest BCUT2D eigenvalue weighted by Crippen LogP contribution is 2.24. The molecule has 156 valence electrons. The number of furan rings is 1. The molecule has 7 heteroatoms. The van der Waals surface area contributed by atoms with Crippen LogP contribution in [0.25, 0.3) is 5.69 Å². The van der Waals surface area contributed by atoms with Gasteiger partial charge in [-0.1, -0.05) is 18.2 Å². The van der Waals surface area contributed by atoms with Crippen molar-refractivity contribution in [2.45, 2.75) is 33.4 Å². The van der Waals surface area contributed by atoms with Crippen molar-refractivity contribution in [3.8, 4) is 5.69 Å². The molecule has 0 radical (unpaired) electrons. The summed E-state index contributed by atoms with van der Waals surface area (Å²) in [5.74, 6) is 0.366. The molecule has 7 nitrogen and oxygen atoms in total. The van der Waals surface area contributed by atoms with E-state index >= 15 is 0 Å². The fourth-order valence-electron chi connectivity index (χ4n) is 4.03. The van der Waals surface area contributed by atoms with Crippen molar-refractivity contribution in [1.29, 1.82) is 0 Å². The molecule has 0 spiro atoms. The van der Waals surface area contributed by atoms with Crippen LogP contribution >= 0.6 is 0 Å². The van der Waals surface area contributed by atoms with E-state index in [0.29, 0.717) is 19.6 Å². The first-order valence-corrected chi connectivity index (χ1v) is 10.1. The highest BCUT2D eigenvalue weighted by atomic mass is 16.3. The second-order valence-corrected chi connectivity index (χ2v) is 7.85. The lowest BCUT2D eigenvalue weighted by Crippen LogP contribution is -2.34. The largest absolute Gasteiger partial charge is 0.467 e. The van der Waals surface area contributed by atoms with E-state index in [1.54, 1.807) is 29.2 Å². The minimum Gasteiger partial charge on any atom is -0.467 e. The fraction of sp³-hybridized carbons (Fsp3) is 0.348. The number of amides is 2. The first-order chi connectivity index (χ1) is 14.4. The maximum absolute atomic E-state index is 13.0. The molecule has 2 amide bonds. The molecule has 1 saturated heterocycles. The van der Waals surface area contributed by atoms with E-state index in [4.69, 9.17) is 4.42 Å². The predicted octanol–water partition coefficient (Wildman–Crippen LogP) is 3.09. The quantitative estimate of drug-likeness (QED) is 0.631. The van der Waals surface area contributed by atoms with Crippen molar-refractivity contribution in [3.63, 3.8) is 0 Å². The number of aromatic nitrogens is 2. The van der Waals surface area contributed by atoms with E-state index in [-0.39, 0.29) is 24.2 Å². The van der Waals surface area contributed by atoms with Gasteiger partial charge in [0.1, 0.15) is 5.76 Å². The first kappa shape index (κ1) is 19.9. The van der Waals surface area contributed by atoms with Crippen LogP contribution in [0.2, 0.25) is 0 Å². The zero-order chi connectivity index (χ0) is 21.3. The summed E-state index contributed by atoms with van der Waals surface area (Å²) in [5.41, 5.74) is 3.94. The molecule has 0 saturated carbocycles. The summed E-state index contributed by atoms with van der Waals surface area (Å²) in [5, 5.41) is 4.66. The van der Waals surface area contributed by atoms with Crippen LogP contribution in [0.3, 0.4) is 0 Å². The third-order valence-electron chi connectivity index (χ3n) is 5.70. The molecule has 30 heavy (non-hydrogen) atoms. The van der Waals surface area contributed by atoms with Crippen molar-refractivity contribution in [1.82, 2.24) is 19.6 Å². The van der Waals surface area contributed by atoms with E-state index in [0.717, 1.165) is 28.4 Å². The molecule has 0 aliphatic carbocycles. The van der Waals surface area contributed by atoms with E-state index < -0.39 is 0 Å². The van der Waals surface area contributed by atoms with E-state index in [1.807, 2.05) is 54.9 Å². The lowest BCUT2D eigenvalue weighted by atomic mass is 10.1. The number of carbonyl (C=O) groups excluding carboxylic acids is 2. The Kier molecular flexibility index (Phi) is 5.44. The van der Waals surface area contributed by atoms with Gasteiger partial charge in [-0.3, -0.25) is 9.59 Å². The SMILES string of the molecule is Cc1nn(-c2ccccc2)c(C)c1CN(C)C(=O)C1CC(=O)N(Cc2ccco2)C1. The highest BCUT2D eigenvalue weighted by molar-refractivity contribution is 5.89. The van der Waals surface area contributed by atoms with Gasteiger partial charge in [-0.2, -0.15) is 5.10 Å². The van der Waals surface area contributed by atoms with Crippen molar-refractivity contribution in [2.24, 2.45) is 5.92 Å². The molecule has 1 unspecified atom stereocenters. The van der Waals surface area contributed by atoms with E-state index in [1.165, 1.54) is 0 Å². The number of hydrogen-bond donors (Lipinski definition) is 0. The van der Waals surface area contributed by atoms with Crippen LogP contribution in [0.4, 0.5) is 0 Å². The molecule has 1 fully saturated rings. The van der Waals surface area contributed by atoms with Crippen molar-refractivity contribution in [3.05, 3.63) is 71.4 Å². The summed E-state index contributed by atoms with van der Waals surface area (Å²) in [7, 11) is 1.79. The molecule has 2 aromatic heterocycles. The fourth-order valence-corrected chi connectivity index (χ4v) is 4.03. The number of rotatable bonds is 6. The predicted molar refractivity (Wildman–Crippen MR) is 112 cm³/mol. The lowest BCUT2D eigenvalue weighted by molar-refractivity contribution is -0.135. The summed E-state index contributed by atoms with van der Waals surface area (Å²) < 4.78 is 7.24. The van der Waals surface area contributed by atoms with Gasteiger partial charge in [0.15, 0.2) is 0 Å². The summed E-state index contributed by atoms with van der Waals surface area (Å²) in [6.45, 7) is 5.27. The topological polar surface area (TPSA) is 71.6 Å². The molecule has 0 N–H and O–H groups in total. The molecular formula is C23H26N4O3. The van der Waals surface area contributed by atoms with Gasteiger partial charge in [-0.15, -0.1) is 0 Å². The van der Waals surface area contributed by atoms with Crippen molar-refractivity contribution in [2.75, 3.05) is 13.6 Å². The van der Waals surface area contributed by atoms with Crippen molar-refractivity contribution < 1.29 is 14.0 Å². The number of benzene rings is 1. The Bertz CT molecular complexity index is 1040. The van der Waals surface area contributed by atoms with Gasteiger partial charge in [-0.05, 0) is 38.1 Å². The molecule has 4 rings (SSSR count). The Morgan fingerprint density at radius 2 is 1.97 bits per heavy atom. The number of likely N-dealkylation sites (tertiary alicyclic amines) is 1. The summed E-state index contributed by atoms with van der Waals surface area (Å²) in [4.78, 5) is 28.8. The van der Waals surface area contributed by atoms with Gasteiger partial charge < -0.3 is 14.2 Å².